The zero-order valence-corrected chi connectivity index (χ0v) is 9.69. The van der Waals surface area contributed by atoms with Crippen LogP contribution >= 0.6 is 0 Å². The van der Waals surface area contributed by atoms with E-state index in [2.05, 4.69) is 25.4 Å². The SMILES string of the molecule is CN(c1cncc2nnnn12)C(CN)C1CC1. The number of hydrogen-bond donors (Lipinski definition) is 1. The van der Waals surface area contributed by atoms with Crippen molar-refractivity contribution in [2.45, 2.75) is 18.9 Å². The number of aromatic nitrogens is 5. The molecule has 1 atom stereocenters. The van der Waals surface area contributed by atoms with Crippen LogP contribution < -0.4 is 10.6 Å². The van der Waals surface area contributed by atoms with Crippen molar-refractivity contribution >= 4 is 11.5 Å². The summed E-state index contributed by atoms with van der Waals surface area (Å²) in [4.78, 5) is 6.29. The molecule has 0 bridgehead atoms. The summed E-state index contributed by atoms with van der Waals surface area (Å²) in [6.07, 6.45) is 5.93. The maximum absolute atomic E-state index is 5.85. The second kappa shape index (κ2) is 3.92. The minimum absolute atomic E-state index is 0.339. The van der Waals surface area contributed by atoms with Crippen molar-refractivity contribution in [2.75, 3.05) is 18.5 Å². The second-order valence-electron chi connectivity index (χ2n) is 4.47. The third kappa shape index (κ3) is 1.72. The van der Waals surface area contributed by atoms with E-state index in [1.165, 1.54) is 12.8 Å². The summed E-state index contributed by atoms with van der Waals surface area (Å²) in [5.41, 5.74) is 6.50. The Morgan fingerprint density at radius 3 is 3.06 bits per heavy atom. The van der Waals surface area contributed by atoms with Gasteiger partial charge in [-0.2, -0.15) is 4.52 Å². The molecule has 2 N–H and O–H groups in total. The number of fused-ring (bicyclic) bond motifs is 1. The van der Waals surface area contributed by atoms with Crippen molar-refractivity contribution in [1.29, 1.82) is 0 Å². The molecule has 1 aliphatic carbocycles. The molecular formula is C10H15N7. The van der Waals surface area contributed by atoms with Gasteiger partial charge in [0.2, 0.25) is 0 Å². The Kier molecular flexibility index (Phi) is 2.40. The van der Waals surface area contributed by atoms with Gasteiger partial charge in [0.05, 0.1) is 12.4 Å². The molecular weight excluding hydrogens is 218 g/mol. The Morgan fingerprint density at radius 1 is 1.53 bits per heavy atom. The van der Waals surface area contributed by atoms with Gasteiger partial charge < -0.3 is 10.6 Å². The van der Waals surface area contributed by atoms with Gasteiger partial charge >= 0.3 is 0 Å². The van der Waals surface area contributed by atoms with Crippen molar-refractivity contribution in [2.24, 2.45) is 11.7 Å². The highest BCUT2D eigenvalue weighted by molar-refractivity contribution is 5.46. The molecule has 1 aliphatic rings. The highest BCUT2D eigenvalue weighted by Gasteiger charge is 2.33. The van der Waals surface area contributed by atoms with E-state index in [1.807, 2.05) is 7.05 Å². The van der Waals surface area contributed by atoms with Gasteiger partial charge in [-0.25, -0.2) is 0 Å². The zero-order valence-electron chi connectivity index (χ0n) is 9.69. The average Bonchev–Trinajstić information content (AvgIpc) is 3.06. The lowest BCUT2D eigenvalue weighted by molar-refractivity contribution is 0.559. The van der Waals surface area contributed by atoms with Crippen molar-refractivity contribution in [3.63, 3.8) is 0 Å². The van der Waals surface area contributed by atoms with Crippen LogP contribution in [0, 0.1) is 5.92 Å². The largest absolute Gasteiger partial charge is 0.354 e. The van der Waals surface area contributed by atoms with Gasteiger partial charge in [0.1, 0.15) is 0 Å². The highest BCUT2D eigenvalue weighted by atomic mass is 15.5. The van der Waals surface area contributed by atoms with Gasteiger partial charge in [0.15, 0.2) is 11.5 Å². The number of rotatable bonds is 4. The van der Waals surface area contributed by atoms with E-state index < -0.39 is 0 Å². The normalized spacial score (nSPS) is 17.3. The van der Waals surface area contributed by atoms with Crippen LogP contribution in [0.3, 0.4) is 0 Å². The lowest BCUT2D eigenvalue weighted by Crippen LogP contribution is -2.40. The van der Waals surface area contributed by atoms with Crippen LogP contribution in [0.25, 0.3) is 5.65 Å². The molecule has 7 heteroatoms. The molecule has 90 valence electrons. The lowest BCUT2D eigenvalue weighted by Gasteiger charge is -2.28. The molecule has 2 aromatic heterocycles. The highest BCUT2D eigenvalue weighted by Crippen LogP contribution is 2.35. The summed E-state index contributed by atoms with van der Waals surface area (Å²) in [5.74, 6) is 1.58. The number of nitrogens with two attached hydrogens (primary N) is 1. The summed E-state index contributed by atoms with van der Waals surface area (Å²) >= 11 is 0. The van der Waals surface area contributed by atoms with Crippen molar-refractivity contribution in [3.05, 3.63) is 12.4 Å². The maximum atomic E-state index is 5.85. The van der Waals surface area contributed by atoms with Gasteiger partial charge in [0, 0.05) is 19.6 Å². The van der Waals surface area contributed by atoms with E-state index in [0.29, 0.717) is 24.2 Å². The molecule has 2 aromatic rings. The van der Waals surface area contributed by atoms with Crippen molar-refractivity contribution in [3.8, 4) is 0 Å². The van der Waals surface area contributed by atoms with Crippen LogP contribution in [-0.4, -0.2) is 44.7 Å². The molecule has 0 aromatic carbocycles. The molecule has 0 radical (unpaired) electrons. The Bertz CT molecular complexity index is 518. The number of likely N-dealkylation sites (N-methyl/N-ethyl adjacent to an activating group) is 1. The summed E-state index contributed by atoms with van der Waals surface area (Å²) in [6.45, 7) is 0.639. The van der Waals surface area contributed by atoms with Gasteiger partial charge in [0.25, 0.3) is 0 Å². The van der Waals surface area contributed by atoms with Crippen LogP contribution in [0.1, 0.15) is 12.8 Å². The van der Waals surface area contributed by atoms with Gasteiger partial charge in [-0.15, -0.1) is 5.10 Å². The molecule has 1 saturated carbocycles. The van der Waals surface area contributed by atoms with Crippen LogP contribution in [0.4, 0.5) is 5.82 Å². The van der Waals surface area contributed by atoms with Crippen LogP contribution in [0.2, 0.25) is 0 Å². The summed E-state index contributed by atoms with van der Waals surface area (Å²) in [5, 5.41) is 11.5. The van der Waals surface area contributed by atoms with E-state index in [-0.39, 0.29) is 0 Å². The molecule has 2 heterocycles. The third-order valence-electron chi connectivity index (χ3n) is 3.36. The van der Waals surface area contributed by atoms with E-state index in [0.717, 1.165) is 5.82 Å². The molecule has 0 saturated heterocycles. The number of anilines is 1. The second-order valence-corrected chi connectivity index (χ2v) is 4.47. The Morgan fingerprint density at radius 2 is 2.35 bits per heavy atom. The zero-order chi connectivity index (χ0) is 11.8. The molecule has 1 unspecified atom stereocenters. The topological polar surface area (TPSA) is 85.2 Å². The molecule has 0 aliphatic heterocycles. The van der Waals surface area contributed by atoms with Gasteiger partial charge in [-0.05, 0) is 29.2 Å². The first kappa shape index (κ1) is 10.4. The van der Waals surface area contributed by atoms with E-state index in [4.69, 9.17) is 5.73 Å². The number of hydrogen-bond acceptors (Lipinski definition) is 6. The van der Waals surface area contributed by atoms with Gasteiger partial charge in [-0.1, -0.05) is 0 Å². The minimum atomic E-state index is 0.339. The fourth-order valence-electron chi connectivity index (χ4n) is 2.22. The fourth-order valence-corrected chi connectivity index (χ4v) is 2.22. The first-order valence-electron chi connectivity index (χ1n) is 5.76. The summed E-state index contributed by atoms with van der Waals surface area (Å²) in [7, 11) is 2.02. The predicted molar refractivity (Wildman–Crippen MR) is 62.5 cm³/mol. The smallest absolute Gasteiger partial charge is 0.199 e. The summed E-state index contributed by atoms with van der Waals surface area (Å²) in [6, 6.07) is 0.339. The predicted octanol–water partition coefficient (Wildman–Crippen LogP) is -0.307. The Hall–Kier alpha value is -1.76. The quantitative estimate of drug-likeness (QED) is 0.780. The molecule has 0 spiro atoms. The molecule has 7 nitrogen and oxygen atoms in total. The first-order valence-corrected chi connectivity index (χ1v) is 5.76. The maximum Gasteiger partial charge on any atom is 0.199 e. The Labute approximate surface area is 98.6 Å². The molecule has 17 heavy (non-hydrogen) atoms. The van der Waals surface area contributed by atoms with Crippen LogP contribution in [0.15, 0.2) is 12.4 Å². The first-order chi connectivity index (χ1) is 8.31. The van der Waals surface area contributed by atoms with Gasteiger partial charge in [-0.3, -0.25) is 4.98 Å². The monoisotopic (exact) mass is 233 g/mol. The van der Waals surface area contributed by atoms with E-state index in [1.54, 1.807) is 16.9 Å². The minimum Gasteiger partial charge on any atom is -0.354 e. The van der Waals surface area contributed by atoms with E-state index >= 15 is 0 Å². The van der Waals surface area contributed by atoms with Crippen molar-refractivity contribution < 1.29 is 0 Å². The number of nitrogens with zero attached hydrogens (tertiary/aromatic N) is 6. The summed E-state index contributed by atoms with van der Waals surface area (Å²) < 4.78 is 1.69. The fraction of sp³-hybridized carbons (Fsp3) is 0.600. The number of tetrazole rings is 1. The Balaban J connectivity index is 1.98. The van der Waals surface area contributed by atoms with E-state index in [9.17, 15) is 0 Å². The third-order valence-corrected chi connectivity index (χ3v) is 3.36. The standard InChI is InChI=1S/C10H15N7/c1-16(8(4-11)7-2-3-7)10-6-12-5-9-13-14-15-17(9)10/h5-8H,2-4,11H2,1H3. The molecule has 0 amide bonds. The van der Waals surface area contributed by atoms with Crippen LogP contribution in [0.5, 0.6) is 0 Å². The lowest BCUT2D eigenvalue weighted by atomic mass is 10.1. The van der Waals surface area contributed by atoms with Crippen molar-refractivity contribution in [1.82, 2.24) is 25.0 Å². The van der Waals surface area contributed by atoms with Crippen LogP contribution in [-0.2, 0) is 0 Å². The molecule has 1 fully saturated rings. The average molecular weight is 233 g/mol. The molecule has 3 rings (SSSR count).